The number of aliphatic hydroxyl groups excluding tert-OH is 1. The molecule has 3 N–H and O–H groups in total. The molecule has 13 heteroatoms. The Labute approximate surface area is 288 Å². The van der Waals surface area contributed by atoms with Gasteiger partial charge in [-0.3, -0.25) is 19.8 Å². The van der Waals surface area contributed by atoms with Crippen LogP contribution in [0.5, 0.6) is 5.75 Å². The number of hydrogen-bond acceptors (Lipinski definition) is 10. The first-order valence-electron chi connectivity index (χ1n) is 16.2. The van der Waals surface area contributed by atoms with E-state index in [1.807, 2.05) is 26.0 Å². The van der Waals surface area contributed by atoms with Gasteiger partial charge >= 0.3 is 12.1 Å². The van der Waals surface area contributed by atoms with Crippen molar-refractivity contribution in [2.75, 3.05) is 40.3 Å². The highest BCUT2D eigenvalue weighted by atomic mass is 35.5. The molecule has 4 rings (SSSR count). The Morgan fingerprint density at radius 1 is 1.23 bits per heavy atom. The first-order valence-corrected chi connectivity index (χ1v) is 16.6. The molecule has 1 saturated carbocycles. The van der Waals surface area contributed by atoms with Crippen molar-refractivity contribution in [2.24, 2.45) is 17.3 Å². The Balaban J connectivity index is 1.80. The molecule has 0 spiro atoms. The van der Waals surface area contributed by atoms with Crippen molar-refractivity contribution in [1.29, 1.82) is 0 Å². The van der Waals surface area contributed by atoms with Gasteiger partial charge < -0.3 is 34.1 Å². The van der Waals surface area contributed by atoms with Crippen molar-refractivity contribution in [1.82, 2.24) is 10.2 Å². The monoisotopic (exact) mass is 691 g/mol. The molecule has 2 aliphatic heterocycles. The average molecular weight is 692 g/mol. The summed E-state index contributed by atoms with van der Waals surface area (Å²) < 4.78 is 22.8. The summed E-state index contributed by atoms with van der Waals surface area (Å²) in [7, 11) is 8.08. The fourth-order valence-corrected chi connectivity index (χ4v) is 6.98. The molecule has 1 saturated heterocycles. The number of methoxy groups -OCH3 is 2. The van der Waals surface area contributed by atoms with Gasteiger partial charge in [-0.15, -0.1) is 0 Å². The van der Waals surface area contributed by atoms with Crippen LogP contribution in [0.15, 0.2) is 35.9 Å². The van der Waals surface area contributed by atoms with E-state index < -0.39 is 65.5 Å². The zero-order chi connectivity index (χ0) is 35.7. The summed E-state index contributed by atoms with van der Waals surface area (Å²) in [5, 5.41) is 26.1. The second-order valence-corrected chi connectivity index (χ2v) is 14.3. The third kappa shape index (κ3) is 7.83. The molecule has 9 atom stereocenters. The van der Waals surface area contributed by atoms with E-state index in [1.165, 1.54) is 19.1 Å². The van der Waals surface area contributed by atoms with Gasteiger partial charge in [0.05, 0.1) is 25.3 Å². The molecule has 0 unspecified atom stereocenters. The smallest absolute Gasteiger partial charge is 0.409 e. The highest BCUT2D eigenvalue weighted by Gasteiger charge is 2.62. The average Bonchev–Trinajstić information content (AvgIpc) is 3.73. The zero-order valence-corrected chi connectivity index (χ0v) is 30.0. The first-order chi connectivity index (χ1) is 22.4. The molecule has 1 aliphatic carbocycles. The fraction of sp³-hybridized carbons (Fsp3) is 0.629. The lowest BCUT2D eigenvalue weighted by Gasteiger charge is -2.43. The summed E-state index contributed by atoms with van der Waals surface area (Å²) in [4.78, 5) is 43.1. The van der Waals surface area contributed by atoms with E-state index >= 15 is 0 Å². The minimum absolute atomic E-state index is 0.0542. The van der Waals surface area contributed by atoms with E-state index in [-0.39, 0.29) is 23.8 Å². The van der Waals surface area contributed by atoms with Crippen molar-refractivity contribution in [3.8, 4) is 5.75 Å². The van der Waals surface area contributed by atoms with Gasteiger partial charge in [0.2, 0.25) is 5.91 Å². The summed E-state index contributed by atoms with van der Waals surface area (Å²) in [6.45, 7) is 7.28. The van der Waals surface area contributed by atoms with E-state index in [9.17, 15) is 24.6 Å². The first kappa shape index (κ1) is 37.7. The number of benzene rings is 1. The van der Waals surface area contributed by atoms with Gasteiger partial charge in [-0.1, -0.05) is 49.2 Å². The maximum atomic E-state index is 14.0. The standard InChI is InChI=1S/C35H50ClN3O9/c1-19-11-10-12-27(46-9)35(44)18-26(47-33(43)37-35)20(2)31(41)23-17-34(23,4)28(48-32(42)21(3)38(5)6)16-29(40)39(7)24-14-22(13-19)15-25(45-8)30(24)36/h10-12,14-15,20-21,23,26-28,31,41,44H,13,16-18H2,1-9H3,(H,37,43)/b12-10+,19-11+/t20-,21+,23-,26+,27-,28+,31+,34-,35+/m1/s1. The zero-order valence-electron chi connectivity index (χ0n) is 29.3. The molecule has 2 amide bonds. The van der Waals surface area contributed by atoms with E-state index in [4.69, 9.17) is 30.5 Å². The molecule has 2 fully saturated rings. The third-order valence-corrected chi connectivity index (χ3v) is 10.7. The summed E-state index contributed by atoms with van der Waals surface area (Å²) in [5.41, 5.74) is -0.382. The molecular weight excluding hydrogens is 642 g/mol. The largest absolute Gasteiger partial charge is 0.495 e. The number of alkyl carbamates (subject to hydrolysis) is 1. The Hall–Kier alpha value is -3.16. The molecule has 0 radical (unpaired) electrons. The molecule has 1 aromatic rings. The summed E-state index contributed by atoms with van der Waals surface area (Å²) in [6.07, 6.45) is 1.45. The molecule has 48 heavy (non-hydrogen) atoms. The minimum atomic E-state index is -1.81. The van der Waals surface area contributed by atoms with E-state index in [0.29, 0.717) is 24.3 Å². The number of carbonyl (C=O) groups excluding carboxylic acids is 3. The number of allylic oxidation sites excluding steroid dienone is 3. The Morgan fingerprint density at radius 3 is 2.54 bits per heavy atom. The van der Waals surface area contributed by atoms with Crippen molar-refractivity contribution < 1.29 is 43.5 Å². The number of hydrogen-bond donors (Lipinski definition) is 3. The number of halogens is 1. The van der Waals surface area contributed by atoms with Crippen molar-refractivity contribution in [2.45, 2.75) is 89.6 Å². The summed E-state index contributed by atoms with van der Waals surface area (Å²) >= 11 is 6.73. The molecular formula is C35H50ClN3O9. The van der Waals surface area contributed by atoms with Crippen LogP contribution in [0.2, 0.25) is 5.02 Å². The number of amides is 2. The van der Waals surface area contributed by atoms with Gasteiger partial charge in [-0.05, 0) is 64.4 Å². The molecule has 4 bridgehead atoms. The Kier molecular flexibility index (Phi) is 11.6. The molecule has 266 valence electrons. The summed E-state index contributed by atoms with van der Waals surface area (Å²) in [5.74, 6) is -1.45. The topological polar surface area (TPSA) is 147 Å². The highest BCUT2D eigenvalue weighted by Crippen LogP contribution is 2.60. The number of anilines is 1. The van der Waals surface area contributed by atoms with Crippen molar-refractivity contribution in [3.05, 3.63) is 46.5 Å². The Bertz CT molecular complexity index is 1450. The second kappa shape index (κ2) is 14.8. The maximum Gasteiger partial charge on any atom is 0.409 e. The van der Waals surface area contributed by atoms with Crippen LogP contribution < -0.4 is 15.0 Å². The number of fused-ring (bicyclic) bond motifs is 5. The predicted molar refractivity (Wildman–Crippen MR) is 181 cm³/mol. The number of carbonyl (C=O) groups is 3. The van der Waals surface area contributed by atoms with Crippen LogP contribution in [0.3, 0.4) is 0 Å². The van der Waals surface area contributed by atoms with E-state index in [0.717, 1.165) is 11.1 Å². The third-order valence-electron chi connectivity index (χ3n) is 10.4. The molecule has 0 aromatic heterocycles. The van der Waals surface area contributed by atoms with E-state index in [2.05, 4.69) is 5.32 Å². The van der Waals surface area contributed by atoms with Crippen LogP contribution in [-0.2, 0) is 30.2 Å². The van der Waals surface area contributed by atoms with Gasteiger partial charge in [-0.25, -0.2) is 4.79 Å². The van der Waals surface area contributed by atoms with Gasteiger partial charge in [-0.2, -0.15) is 0 Å². The lowest BCUT2D eigenvalue weighted by molar-refractivity contribution is -0.161. The van der Waals surface area contributed by atoms with Crippen LogP contribution in [0.25, 0.3) is 0 Å². The quantitative estimate of drug-likeness (QED) is 0.389. The number of aliphatic hydroxyl groups is 2. The Morgan fingerprint density at radius 2 is 1.92 bits per heavy atom. The number of esters is 1. The molecule has 12 nitrogen and oxygen atoms in total. The number of ether oxygens (including phenoxy) is 4. The predicted octanol–water partition coefficient (Wildman–Crippen LogP) is 3.85. The fourth-order valence-electron chi connectivity index (χ4n) is 6.66. The van der Waals surface area contributed by atoms with Crippen LogP contribution >= 0.6 is 11.6 Å². The highest BCUT2D eigenvalue weighted by molar-refractivity contribution is 6.35. The van der Waals surface area contributed by atoms with Crippen LogP contribution in [-0.4, -0.2) is 105 Å². The maximum absolute atomic E-state index is 14.0. The molecule has 1 aromatic carbocycles. The number of nitrogens with one attached hydrogen (secondary N) is 1. The molecule has 3 aliphatic rings. The number of rotatable bonds is 5. The lowest BCUT2D eigenvalue weighted by Crippen LogP contribution is -2.63. The second-order valence-electron chi connectivity index (χ2n) is 13.9. The van der Waals surface area contributed by atoms with Crippen molar-refractivity contribution in [3.63, 3.8) is 0 Å². The normalized spacial score (nSPS) is 35.3. The van der Waals surface area contributed by atoms with Gasteiger partial charge in [0.1, 0.15) is 35.1 Å². The number of likely N-dealkylation sites (N-methyl/N-ethyl adjacent to an activating group) is 1. The van der Waals surface area contributed by atoms with Crippen molar-refractivity contribution >= 4 is 35.3 Å². The van der Waals surface area contributed by atoms with Crippen LogP contribution in [0, 0.1) is 17.3 Å². The molecule has 2 heterocycles. The van der Waals surface area contributed by atoms with Crippen LogP contribution in [0.1, 0.15) is 52.5 Å². The minimum Gasteiger partial charge on any atom is -0.495 e. The van der Waals surface area contributed by atoms with E-state index in [1.54, 1.807) is 58.1 Å². The summed E-state index contributed by atoms with van der Waals surface area (Å²) in [6, 6.07) is 3.05. The van der Waals surface area contributed by atoms with Gasteiger partial charge in [0, 0.05) is 31.9 Å². The SMILES string of the molecule is COc1cc2cc(c1Cl)N(C)C(=O)C[C@H](OC(=O)[C@H](C)N(C)C)[C@]1(C)C[C@@H]1[C@@H](O)[C@H](C)[C@@H]1C[C@@](O)(NC(=O)O1)[C@H](OC)/C=C/C=C(\C)C2. The number of nitrogens with zero attached hydrogens (tertiary/aromatic N) is 2. The lowest BCUT2D eigenvalue weighted by atomic mass is 9.83. The van der Waals surface area contributed by atoms with Gasteiger partial charge in [0.15, 0.2) is 5.72 Å². The van der Waals surface area contributed by atoms with Gasteiger partial charge in [0.25, 0.3) is 0 Å². The van der Waals surface area contributed by atoms with Crippen LogP contribution in [0.4, 0.5) is 10.5 Å².